The Kier molecular flexibility index (Phi) is 3.85. The minimum atomic E-state index is -2.93. The molecule has 1 unspecified atom stereocenters. The molecule has 1 saturated heterocycles. The number of hydrogen-bond acceptors (Lipinski definition) is 4. The number of hydrogen-bond donors (Lipinski definition) is 0. The summed E-state index contributed by atoms with van der Waals surface area (Å²) in [6, 6.07) is 2.20. The lowest BCUT2D eigenvalue weighted by Crippen LogP contribution is -2.20. The molecular formula is C9H15NO2S2. The number of nitrogens with zero attached hydrogens (tertiary/aromatic N) is 1. The van der Waals surface area contributed by atoms with Crippen LogP contribution in [0.4, 0.5) is 0 Å². The highest BCUT2D eigenvalue weighted by molar-refractivity contribution is 7.98. The van der Waals surface area contributed by atoms with Crippen molar-refractivity contribution in [2.45, 2.75) is 19.3 Å². The third kappa shape index (κ3) is 2.89. The first-order valence-corrected chi connectivity index (χ1v) is 7.86. The van der Waals surface area contributed by atoms with E-state index in [2.05, 4.69) is 6.07 Å². The van der Waals surface area contributed by atoms with Gasteiger partial charge in [-0.3, -0.25) is 0 Å². The van der Waals surface area contributed by atoms with Crippen molar-refractivity contribution in [2.75, 3.05) is 23.5 Å². The molecule has 1 aliphatic rings. The standard InChI is InChI=1S/C9H15NO2S2/c1-13-5-2-3-9(7-10)4-6-14(11,12)8-9/h2-6,8H2,1H3. The SMILES string of the molecule is CSCCCC1(C#N)CCS(=O)(=O)C1. The second kappa shape index (κ2) is 4.54. The normalized spacial score (nSPS) is 30.0. The highest BCUT2D eigenvalue weighted by Gasteiger charge is 2.41. The molecule has 0 amide bonds. The lowest BCUT2D eigenvalue weighted by molar-refractivity contribution is 0.412. The Morgan fingerprint density at radius 2 is 2.29 bits per heavy atom. The Bertz CT molecular complexity index is 331. The van der Waals surface area contributed by atoms with Crippen LogP contribution in [0.25, 0.3) is 0 Å². The van der Waals surface area contributed by atoms with Crippen LogP contribution in [0.2, 0.25) is 0 Å². The summed E-state index contributed by atoms with van der Waals surface area (Å²) in [6.45, 7) is 0. The van der Waals surface area contributed by atoms with E-state index in [1.54, 1.807) is 11.8 Å². The Labute approximate surface area is 89.8 Å². The molecule has 0 aromatic heterocycles. The molecule has 0 bridgehead atoms. The third-order valence-corrected chi connectivity index (χ3v) is 5.14. The molecule has 5 heteroatoms. The van der Waals surface area contributed by atoms with Gasteiger partial charge >= 0.3 is 0 Å². The first-order valence-electron chi connectivity index (χ1n) is 4.64. The highest BCUT2D eigenvalue weighted by atomic mass is 32.2. The highest BCUT2D eigenvalue weighted by Crippen LogP contribution is 2.36. The molecular weight excluding hydrogens is 218 g/mol. The average molecular weight is 233 g/mol. The number of rotatable bonds is 4. The van der Waals surface area contributed by atoms with Crippen LogP contribution in [0, 0.1) is 16.7 Å². The van der Waals surface area contributed by atoms with Crippen LogP contribution < -0.4 is 0 Å². The van der Waals surface area contributed by atoms with Crippen molar-refractivity contribution < 1.29 is 8.42 Å². The fourth-order valence-electron chi connectivity index (χ4n) is 1.81. The maximum Gasteiger partial charge on any atom is 0.151 e. The van der Waals surface area contributed by atoms with Gasteiger partial charge in [0.25, 0.3) is 0 Å². The number of thioether (sulfide) groups is 1. The van der Waals surface area contributed by atoms with Gasteiger partial charge in [-0.05, 0) is 31.3 Å². The summed E-state index contributed by atoms with van der Waals surface area (Å²) < 4.78 is 22.6. The van der Waals surface area contributed by atoms with Gasteiger partial charge in [0, 0.05) is 0 Å². The monoisotopic (exact) mass is 233 g/mol. The molecule has 0 aromatic rings. The van der Waals surface area contributed by atoms with Gasteiger partial charge in [-0.2, -0.15) is 17.0 Å². The zero-order valence-corrected chi connectivity index (χ0v) is 9.96. The summed E-state index contributed by atoms with van der Waals surface area (Å²) in [6.07, 6.45) is 4.21. The molecule has 0 radical (unpaired) electrons. The van der Waals surface area contributed by atoms with E-state index in [-0.39, 0.29) is 11.5 Å². The predicted octanol–water partition coefficient (Wildman–Crippen LogP) is 1.46. The van der Waals surface area contributed by atoms with Crippen molar-refractivity contribution in [3.05, 3.63) is 0 Å². The van der Waals surface area contributed by atoms with E-state index in [0.29, 0.717) is 6.42 Å². The van der Waals surface area contributed by atoms with Crippen LogP contribution in [-0.2, 0) is 9.84 Å². The first kappa shape index (κ1) is 11.9. The smallest absolute Gasteiger partial charge is 0.151 e. The fourth-order valence-corrected chi connectivity index (χ4v) is 4.29. The molecule has 0 spiro atoms. The van der Waals surface area contributed by atoms with E-state index in [4.69, 9.17) is 5.26 Å². The summed E-state index contributed by atoms with van der Waals surface area (Å²) in [5.74, 6) is 1.27. The van der Waals surface area contributed by atoms with E-state index >= 15 is 0 Å². The zero-order chi connectivity index (χ0) is 10.7. The molecule has 80 valence electrons. The first-order chi connectivity index (χ1) is 6.54. The van der Waals surface area contributed by atoms with Gasteiger partial charge in [0.05, 0.1) is 23.0 Å². The van der Waals surface area contributed by atoms with Gasteiger partial charge in [-0.25, -0.2) is 8.42 Å². The van der Waals surface area contributed by atoms with Crippen LogP contribution in [0.1, 0.15) is 19.3 Å². The van der Waals surface area contributed by atoms with Gasteiger partial charge in [0.15, 0.2) is 9.84 Å². The summed E-state index contributed by atoms with van der Waals surface area (Å²) in [4.78, 5) is 0. The molecule has 3 nitrogen and oxygen atoms in total. The number of nitriles is 1. The van der Waals surface area contributed by atoms with E-state index in [0.717, 1.165) is 18.6 Å². The van der Waals surface area contributed by atoms with Crippen LogP contribution >= 0.6 is 11.8 Å². The van der Waals surface area contributed by atoms with Gasteiger partial charge in [0.1, 0.15) is 0 Å². The summed E-state index contributed by atoms with van der Waals surface area (Å²) in [5.41, 5.74) is -0.575. The van der Waals surface area contributed by atoms with E-state index in [1.807, 2.05) is 6.26 Å². The van der Waals surface area contributed by atoms with Crippen molar-refractivity contribution in [1.82, 2.24) is 0 Å². The number of sulfone groups is 1. The molecule has 1 heterocycles. The lowest BCUT2D eigenvalue weighted by atomic mass is 9.85. The lowest BCUT2D eigenvalue weighted by Gasteiger charge is -2.17. The molecule has 14 heavy (non-hydrogen) atoms. The van der Waals surface area contributed by atoms with Crippen molar-refractivity contribution >= 4 is 21.6 Å². The minimum Gasteiger partial charge on any atom is -0.229 e. The zero-order valence-electron chi connectivity index (χ0n) is 8.32. The van der Waals surface area contributed by atoms with E-state index in [9.17, 15) is 8.42 Å². The maximum atomic E-state index is 11.3. The summed E-state index contributed by atoms with van der Waals surface area (Å²) in [7, 11) is -2.93. The van der Waals surface area contributed by atoms with Crippen molar-refractivity contribution in [3.63, 3.8) is 0 Å². The largest absolute Gasteiger partial charge is 0.229 e. The molecule has 1 aliphatic heterocycles. The quantitative estimate of drug-likeness (QED) is 0.690. The molecule has 0 aliphatic carbocycles. The topological polar surface area (TPSA) is 57.9 Å². The van der Waals surface area contributed by atoms with Crippen LogP contribution in [0.15, 0.2) is 0 Å². The Morgan fingerprint density at radius 1 is 1.57 bits per heavy atom. The second-order valence-electron chi connectivity index (χ2n) is 3.83. The molecule has 1 rings (SSSR count). The van der Waals surface area contributed by atoms with Gasteiger partial charge < -0.3 is 0 Å². The Morgan fingerprint density at radius 3 is 2.71 bits per heavy atom. The van der Waals surface area contributed by atoms with Crippen molar-refractivity contribution in [2.24, 2.45) is 5.41 Å². The average Bonchev–Trinajstić information content (AvgIpc) is 2.44. The molecule has 0 N–H and O–H groups in total. The Hall–Kier alpha value is -0.210. The molecule has 1 fully saturated rings. The predicted molar refractivity (Wildman–Crippen MR) is 58.9 cm³/mol. The second-order valence-corrected chi connectivity index (χ2v) is 7.00. The van der Waals surface area contributed by atoms with E-state index < -0.39 is 15.3 Å². The minimum absolute atomic E-state index is 0.0743. The molecule has 1 atom stereocenters. The van der Waals surface area contributed by atoms with E-state index in [1.165, 1.54) is 0 Å². The van der Waals surface area contributed by atoms with Crippen molar-refractivity contribution in [3.8, 4) is 6.07 Å². The van der Waals surface area contributed by atoms with Gasteiger partial charge in [-0.1, -0.05) is 0 Å². The van der Waals surface area contributed by atoms with Crippen LogP contribution in [0.3, 0.4) is 0 Å². The fraction of sp³-hybridized carbons (Fsp3) is 0.889. The summed E-state index contributed by atoms with van der Waals surface area (Å²) >= 11 is 1.74. The molecule has 0 aromatic carbocycles. The summed E-state index contributed by atoms with van der Waals surface area (Å²) in [5, 5.41) is 9.03. The van der Waals surface area contributed by atoms with Crippen LogP contribution in [0.5, 0.6) is 0 Å². The van der Waals surface area contributed by atoms with Gasteiger partial charge in [-0.15, -0.1) is 0 Å². The maximum absolute atomic E-state index is 11.3. The third-order valence-electron chi connectivity index (χ3n) is 2.63. The Balaban J connectivity index is 2.58. The molecule has 0 saturated carbocycles. The van der Waals surface area contributed by atoms with Crippen molar-refractivity contribution in [1.29, 1.82) is 5.26 Å². The van der Waals surface area contributed by atoms with Gasteiger partial charge in [0.2, 0.25) is 0 Å². The van der Waals surface area contributed by atoms with Crippen LogP contribution in [-0.4, -0.2) is 31.9 Å².